The molecule has 3 aromatic heterocycles. The predicted octanol–water partition coefficient (Wildman–Crippen LogP) is 3.95. The molecule has 0 spiro atoms. The molecular weight excluding hydrogens is 380 g/mol. The number of hydrogen-bond acceptors (Lipinski definition) is 3. The van der Waals surface area contributed by atoms with Gasteiger partial charge in [-0.05, 0) is 44.2 Å². The summed E-state index contributed by atoms with van der Waals surface area (Å²) in [5.41, 5.74) is 2.72. The van der Waals surface area contributed by atoms with Crippen molar-refractivity contribution in [2.45, 2.75) is 13.8 Å². The molecule has 0 fully saturated rings. The quantitative estimate of drug-likeness (QED) is 0.517. The highest BCUT2D eigenvalue weighted by Crippen LogP contribution is 2.27. The molecule has 1 aromatic carbocycles. The van der Waals surface area contributed by atoms with E-state index < -0.39 is 0 Å². The second-order valence-electron chi connectivity index (χ2n) is 5.82. The topological polar surface area (TPSA) is 52.7 Å². The van der Waals surface area contributed by atoms with E-state index in [0.717, 1.165) is 26.9 Å². The molecule has 0 aliphatic rings. The summed E-state index contributed by atoms with van der Waals surface area (Å²) >= 11 is 3.51. The minimum absolute atomic E-state index is 0.162. The van der Waals surface area contributed by atoms with Gasteiger partial charge in [0.2, 0.25) is 0 Å². The van der Waals surface area contributed by atoms with Crippen LogP contribution >= 0.6 is 15.9 Å². The van der Waals surface area contributed by atoms with Crippen molar-refractivity contribution in [3.63, 3.8) is 0 Å². The summed E-state index contributed by atoms with van der Waals surface area (Å²) in [5, 5.41) is 5.84. The predicted molar refractivity (Wildman–Crippen MR) is 102 cm³/mol. The Bertz CT molecular complexity index is 1150. The maximum absolute atomic E-state index is 13.1. The van der Waals surface area contributed by atoms with Crippen molar-refractivity contribution >= 4 is 26.7 Å². The second kappa shape index (κ2) is 5.97. The Labute approximate surface area is 152 Å². The van der Waals surface area contributed by atoms with Crippen LogP contribution in [0.5, 0.6) is 0 Å². The van der Waals surface area contributed by atoms with Gasteiger partial charge in [-0.15, -0.1) is 0 Å². The summed E-state index contributed by atoms with van der Waals surface area (Å²) in [5.74, 6) is 0.515. The van der Waals surface area contributed by atoms with Gasteiger partial charge in [0, 0.05) is 33.1 Å². The van der Waals surface area contributed by atoms with Crippen molar-refractivity contribution in [1.29, 1.82) is 0 Å². The third-order valence-corrected chi connectivity index (χ3v) is 4.83. The Kier molecular flexibility index (Phi) is 3.77. The van der Waals surface area contributed by atoms with Gasteiger partial charge >= 0.3 is 0 Å². The van der Waals surface area contributed by atoms with Crippen molar-refractivity contribution in [1.82, 2.24) is 19.3 Å². The van der Waals surface area contributed by atoms with Crippen LogP contribution in [0.2, 0.25) is 0 Å². The Morgan fingerprint density at radius 1 is 1.04 bits per heavy atom. The molecule has 4 rings (SSSR count). The van der Waals surface area contributed by atoms with Gasteiger partial charge in [-0.1, -0.05) is 28.1 Å². The van der Waals surface area contributed by atoms with Gasteiger partial charge in [-0.25, -0.2) is 4.98 Å². The van der Waals surface area contributed by atoms with E-state index in [1.807, 2.05) is 50.2 Å². The number of halogens is 1. The van der Waals surface area contributed by atoms with Crippen molar-refractivity contribution in [3.05, 3.63) is 81.1 Å². The standard InChI is InChI=1S/C19H15BrN4O/c1-12-16-11-22-24(17-8-3-4-9-21-17)19(25)18(16)13(2)23(12)15-7-5-6-14(20)10-15/h3-11H,1-2H3. The van der Waals surface area contributed by atoms with E-state index >= 15 is 0 Å². The van der Waals surface area contributed by atoms with E-state index in [1.165, 1.54) is 4.68 Å². The van der Waals surface area contributed by atoms with Gasteiger partial charge in [-0.3, -0.25) is 4.79 Å². The van der Waals surface area contributed by atoms with E-state index in [-0.39, 0.29) is 5.56 Å². The molecule has 0 aliphatic heterocycles. The van der Waals surface area contributed by atoms with Crippen LogP contribution in [0, 0.1) is 13.8 Å². The molecule has 0 atom stereocenters. The van der Waals surface area contributed by atoms with Crippen LogP contribution in [-0.2, 0) is 0 Å². The van der Waals surface area contributed by atoms with Gasteiger partial charge in [0.1, 0.15) is 0 Å². The van der Waals surface area contributed by atoms with E-state index in [9.17, 15) is 4.79 Å². The largest absolute Gasteiger partial charge is 0.317 e. The molecule has 0 saturated carbocycles. The number of rotatable bonds is 2. The second-order valence-corrected chi connectivity index (χ2v) is 6.74. The average molecular weight is 395 g/mol. The minimum atomic E-state index is -0.162. The number of benzene rings is 1. The van der Waals surface area contributed by atoms with E-state index in [2.05, 4.69) is 30.6 Å². The highest BCUT2D eigenvalue weighted by Gasteiger charge is 2.18. The number of aromatic nitrogens is 4. The van der Waals surface area contributed by atoms with Crippen LogP contribution in [0.1, 0.15) is 11.4 Å². The lowest BCUT2D eigenvalue weighted by Crippen LogP contribution is -2.21. The molecule has 0 bridgehead atoms. The molecule has 5 nitrogen and oxygen atoms in total. The molecular formula is C19H15BrN4O. The van der Waals surface area contributed by atoms with Crippen molar-refractivity contribution in [3.8, 4) is 11.5 Å². The fourth-order valence-electron chi connectivity index (χ4n) is 3.21. The molecule has 6 heteroatoms. The first-order valence-corrected chi connectivity index (χ1v) is 8.64. The molecule has 3 heterocycles. The van der Waals surface area contributed by atoms with Crippen LogP contribution < -0.4 is 5.56 Å². The van der Waals surface area contributed by atoms with Crippen LogP contribution in [0.25, 0.3) is 22.3 Å². The number of nitrogens with zero attached hydrogens (tertiary/aromatic N) is 4. The maximum atomic E-state index is 13.1. The van der Waals surface area contributed by atoms with Gasteiger partial charge in [-0.2, -0.15) is 9.78 Å². The molecule has 0 amide bonds. The summed E-state index contributed by atoms with van der Waals surface area (Å²) in [4.78, 5) is 17.3. The number of pyridine rings is 1. The monoisotopic (exact) mass is 394 g/mol. The van der Waals surface area contributed by atoms with Crippen LogP contribution in [-0.4, -0.2) is 19.3 Å². The molecule has 4 aromatic rings. The van der Waals surface area contributed by atoms with E-state index in [0.29, 0.717) is 11.2 Å². The zero-order chi connectivity index (χ0) is 17.6. The lowest BCUT2D eigenvalue weighted by atomic mass is 10.2. The zero-order valence-corrected chi connectivity index (χ0v) is 15.4. The summed E-state index contributed by atoms with van der Waals surface area (Å²) in [6.45, 7) is 3.96. The number of hydrogen-bond donors (Lipinski definition) is 0. The summed E-state index contributed by atoms with van der Waals surface area (Å²) < 4.78 is 4.42. The number of fused-ring (bicyclic) bond motifs is 1. The van der Waals surface area contributed by atoms with E-state index in [1.54, 1.807) is 18.5 Å². The normalized spacial score (nSPS) is 11.2. The van der Waals surface area contributed by atoms with Crippen molar-refractivity contribution < 1.29 is 0 Å². The van der Waals surface area contributed by atoms with Crippen molar-refractivity contribution in [2.24, 2.45) is 0 Å². The highest BCUT2D eigenvalue weighted by atomic mass is 79.9. The summed E-state index contributed by atoms with van der Waals surface area (Å²) in [7, 11) is 0. The average Bonchev–Trinajstić information content (AvgIpc) is 2.87. The SMILES string of the molecule is Cc1c2cnn(-c3ccccn3)c(=O)c2c(C)n1-c1cccc(Br)c1. The van der Waals surface area contributed by atoms with Crippen molar-refractivity contribution in [2.75, 3.05) is 0 Å². The van der Waals surface area contributed by atoms with Gasteiger partial charge in [0.15, 0.2) is 5.82 Å². The molecule has 25 heavy (non-hydrogen) atoms. The van der Waals surface area contributed by atoms with Gasteiger partial charge in [0.25, 0.3) is 5.56 Å². The molecule has 0 N–H and O–H groups in total. The third-order valence-electron chi connectivity index (χ3n) is 4.33. The Hall–Kier alpha value is -2.73. The first-order chi connectivity index (χ1) is 12.1. The maximum Gasteiger partial charge on any atom is 0.282 e. The molecule has 124 valence electrons. The minimum Gasteiger partial charge on any atom is -0.317 e. The smallest absolute Gasteiger partial charge is 0.282 e. The molecule has 0 aliphatic carbocycles. The van der Waals surface area contributed by atoms with E-state index in [4.69, 9.17) is 0 Å². The lowest BCUT2D eigenvalue weighted by Gasteiger charge is -2.09. The molecule has 0 unspecified atom stereocenters. The highest BCUT2D eigenvalue weighted by molar-refractivity contribution is 9.10. The Balaban J connectivity index is 2.03. The zero-order valence-electron chi connectivity index (χ0n) is 13.8. The Morgan fingerprint density at radius 3 is 2.60 bits per heavy atom. The molecule has 0 radical (unpaired) electrons. The fraction of sp³-hybridized carbons (Fsp3) is 0.105. The first-order valence-electron chi connectivity index (χ1n) is 7.85. The molecule has 0 saturated heterocycles. The van der Waals surface area contributed by atoms with Gasteiger partial charge < -0.3 is 4.57 Å². The van der Waals surface area contributed by atoms with Gasteiger partial charge in [0.05, 0.1) is 11.6 Å². The van der Waals surface area contributed by atoms with Crippen LogP contribution in [0.15, 0.2) is 64.1 Å². The Morgan fingerprint density at radius 2 is 1.88 bits per heavy atom. The lowest BCUT2D eigenvalue weighted by molar-refractivity contribution is 0.794. The fourth-order valence-corrected chi connectivity index (χ4v) is 3.59. The third kappa shape index (κ3) is 2.49. The summed E-state index contributed by atoms with van der Waals surface area (Å²) in [6.07, 6.45) is 3.39. The van der Waals surface area contributed by atoms with Crippen LogP contribution in [0.4, 0.5) is 0 Å². The first kappa shape index (κ1) is 15.8. The number of aryl methyl sites for hydroxylation is 2. The van der Waals surface area contributed by atoms with Crippen LogP contribution in [0.3, 0.4) is 0 Å². The summed E-state index contributed by atoms with van der Waals surface area (Å²) in [6, 6.07) is 13.4.